The first-order valence-corrected chi connectivity index (χ1v) is 2.24. The fourth-order valence-electron chi connectivity index (χ4n) is 0.0351. The summed E-state index contributed by atoms with van der Waals surface area (Å²) in [7, 11) is 0. The van der Waals surface area contributed by atoms with Crippen molar-refractivity contribution in [3.8, 4) is 0 Å². The summed E-state index contributed by atoms with van der Waals surface area (Å²) < 4.78 is 0. The van der Waals surface area contributed by atoms with Gasteiger partial charge in [-0.15, -0.1) is 0 Å². The molecule has 0 bridgehead atoms. The molecule has 0 aromatic heterocycles. The SMILES string of the molecule is O=C/C=C/[SeH]. The predicted octanol–water partition coefficient (Wildman–Crippen LogP) is -0.400. The van der Waals surface area contributed by atoms with Crippen LogP contribution in [0.15, 0.2) is 11.1 Å². The van der Waals surface area contributed by atoms with Gasteiger partial charge in [0, 0.05) is 0 Å². The summed E-state index contributed by atoms with van der Waals surface area (Å²) in [6.07, 6.45) is 2.15. The zero-order valence-electron chi connectivity index (χ0n) is 2.59. The third-order valence-electron chi connectivity index (χ3n) is 0.165. The molecule has 0 N–H and O–H groups in total. The van der Waals surface area contributed by atoms with Crippen molar-refractivity contribution in [1.29, 1.82) is 0 Å². The summed E-state index contributed by atoms with van der Waals surface area (Å²) in [5.74, 6) is 0. The monoisotopic (exact) mass is 136 g/mol. The van der Waals surface area contributed by atoms with E-state index in [9.17, 15) is 4.79 Å². The predicted molar refractivity (Wildman–Crippen MR) is 22.4 cm³/mol. The van der Waals surface area contributed by atoms with E-state index in [-0.39, 0.29) is 0 Å². The Morgan fingerprint density at radius 2 is 2.20 bits per heavy atom. The van der Waals surface area contributed by atoms with Gasteiger partial charge in [0.1, 0.15) is 0 Å². The third kappa shape index (κ3) is 3.93. The van der Waals surface area contributed by atoms with Crippen LogP contribution in [0.1, 0.15) is 0 Å². The molecule has 0 aliphatic carbocycles. The maximum atomic E-state index is 9.31. The van der Waals surface area contributed by atoms with Gasteiger partial charge in [-0.25, -0.2) is 0 Å². The second-order valence-electron chi connectivity index (χ2n) is 0.478. The van der Waals surface area contributed by atoms with E-state index >= 15 is 0 Å². The van der Waals surface area contributed by atoms with Crippen LogP contribution in [0.25, 0.3) is 0 Å². The number of hydrogen-bond donors (Lipinski definition) is 0. The molecule has 0 spiro atoms. The second kappa shape index (κ2) is 3.93. The van der Waals surface area contributed by atoms with Crippen LogP contribution in [0.4, 0.5) is 0 Å². The molecular weight excluding hydrogens is 131 g/mol. The second-order valence-corrected chi connectivity index (χ2v) is 1.10. The average molecular weight is 135 g/mol. The summed E-state index contributed by atoms with van der Waals surface area (Å²) in [6.45, 7) is 0. The minimum atomic E-state index is 0.734. The van der Waals surface area contributed by atoms with Crippen LogP contribution in [0.5, 0.6) is 0 Å². The van der Waals surface area contributed by atoms with Crippen molar-refractivity contribution in [2.24, 2.45) is 0 Å². The maximum absolute atomic E-state index is 9.31. The molecule has 0 heterocycles. The minimum absolute atomic E-state index is 0.734. The third-order valence-corrected chi connectivity index (χ3v) is 0.526. The molecule has 0 aromatic rings. The Balaban J connectivity index is 2.92. The van der Waals surface area contributed by atoms with Crippen molar-refractivity contribution in [2.75, 3.05) is 0 Å². The van der Waals surface area contributed by atoms with Crippen molar-refractivity contribution in [2.45, 2.75) is 0 Å². The van der Waals surface area contributed by atoms with Gasteiger partial charge in [0.25, 0.3) is 0 Å². The van der Waals surface area contributed by atoms with E-state index in [0.29, 0.717) is 0 Å². The average Bonchev–Trinajstić information content (AvgIpc) is 1.41. The Kier molecular flexibility index (Phi) is 3.87. The Morgan fingerprint density at radius 3 is 2.20 bits per heavy atom. The van der Waals surface area contributed by atoms with Gasteiger partial charge < -0.3 is 0 Å². The Labute approximate surface area is 38.9 Å². The van der Waals surface area contributed by atoms with Crippen LogP contribution in [0.2, 0.25) is 0 Å². The van der Waals surface area contributed by atoms with Crippen LogP contribution in [0, 0.1) is 0 Å². The number of rotatable bonds is 1. The van der Waals surface area contributed by atoms with E-state index < -0.39 is 0 Å². The van der Waals surface area contributed by atoms with Gasteiger partial charge >= 0.3 is 38.1 Å². The Morgan fingerprint density at radius 1 is 1.60 bits per heavy atom. The Bertz CT molecular complexity index is 48.9. The molecule has 0 aliphatic heterocycles. The molecule has 0 aromatic carbocycles. The van der Waals surface area contributed by atoms with Crippen LogP contribution in [0.3, 0.4) is 0 Å². The van der Waals surface area contributed by atoms with Crippen molar-refractivity contribution < 1.29 is 4.79 Å². The summed E-state index contributed by atoms with van der Waals surface area (Å²) in [4.78, 5) is 10.9. The number of aldehydes is 1. The standard InChI is InChI=1S/C3H4OSe/c4-2-1-3-5/h1-3,5H/b3-1+. The fourth-order valence-corrected chi connectivity index (χ4v) is 0.183. The molecule has 0 rings (SSSR count). The van der Waals surface area contributed by atoms with Gasteiger partial charge in [0.05, 0.1) is 0 Å². The molecule has 0 aliphatic rings. The van der Waals surface area contributed by atoms with E-state index in [4.69, 9.17) is 0 Å². The molecular formula is C3H4OSe. The van der Waals surface area contributed by atoms with Crippen molar-refractivity contribution in [3.63, 3.8) is 0 Å². The first-order chi connectivity index (χ1) is 2.41. The molecule has 28 valence electrons. The molecule has 0 unspecified atom stereocenters. The summed E-state index contributed by atoms with van der Waals surface area (Å²) >= 11 is 2.17. The van der Waals surface area contributed by atoms with E-state index in [1.807, 2.05) is 0 Å². The zero-order chi connectivity index (χ0) is 4.12. The molecule has 0 saturated heterocycles. The zero-order valence-corrected chi connectivity index (χ0v) is 4.46. The van der Waals surface area contributed by atoms with Crippen LogP contribution >= 0.6 is 0 Å². The molecule has 0 radical (unpaired) electrons. The molecule has 1 nitrogen and oxygen atoms in total. The van der Waals surface area contributed by atoms with Gasteiger partial charge in [-0.1, -0.05) is 0 Å². The first kappa shape index (κ1) is 4.93. The fraction of sp³-hybridized carbons (Fsp3) is 0. The molecule has 2 heteroatoms. The Hall–Kier alpha value is -0.0705. The first-order valence-electron chi connectivity index (χ1n) is 1.16. The van der Waals surface area contributed by atoms with Gasteiger partial charge in [-0.05, 0) is 0 Å². The van der Waals surface area contributed by atoms with E-state index in [2.05, 4.69) is 16.0 Å². The van der Waals surface area contributed by atoms with Crippen LogP contribution in [-0.4, -0.2) is 22.3 Å². The molecule has 0 fully saturated rings. The van der Waals surface area contributed by atoms with E-state index in [0.717, 1.165) is 6.29 Å². The van der Waals surface area contributed by atoms with Crippen molar-refractivity contribution >= 4 is 22.3 Å². The van der Waals surface area contributed by atoms with Crippen LogP contribution < -0.4 is 0 Å². The topological polar surface area (TPSA) is 17.1 Å². The summed E-state index contributed by atoms with van der Waals surface area (Å²) in [6, 6.07) is 0. The molecule has 5 heavy (non-hydrogen) atoms. The van der Waals surface area contributed by atoms with Crippen molar-refractivity contribution in [3.05, 3.63) is 11.1 Å². The quantitative estimate of drug-likeness (QED) is 0.271. The summed E-state index contributed by atoms with van der Waals surface area (Å²) in [5.41, 5.74) is 0. The number of allylic oxidation sites excluding steroid dienone is 1. The van der Waals surface area contributed by atoms with Crippen LogP contribution in [-0.2, 0) is 4.79 Å². The van der Waals surface area contributed by atoms with E-state index in [1.165, 1.54) is 6.08 Å². The van der Waals surface area contributed by atoms with Crippen molar-refractivity contribution in [1.82, 2.24) is 0 Å². The number of hydrogen-bond acceptors (Lipinski definition) is 1. The summed E-state index contributed by atoms with van der Waals surface area (Å²) in [5, 5.41) is 0. The van der Waals surface area contributed by atoms with Gasteiger partial charge in [0.2, 0.25) is 0 Å². The van der Waals surface area contributed by atoms with Gasteiger partial charge in [-0.3, -0.25) is 0 Å². The molecule has 0 amide bonds. The number of carbonyl (C=O) groups excluding carboxylic acids is 1. The van der Waals surface area contributed by atoms with E-state index in [1.54, 1.807) is 4.97 Å². The molecule has 0 atom stereocenters. The van der Waals surface area contributed by atoms with Gasteiger partial charge in [-0.2, -0.15) is 0 Å². The molecule has 0 saturated carbocycles. The number of carbonyl (C=O) groups is 1. The normalized spacial score (nSPS) is 9.00. The van der Waals surface area contributed by atoms with Gasteiger partial charge in [0.15, 0.2) is 0 Å².